The molecule has 0 aliphatic carbocycles. The number of nitrogens with one attached hydrogen (secondary N) is 1. The van der Waals surface area contributed by atoms with Crippen LogP contribution in [-0.2, 0) is 23.0 Å². The van der Waals surface area contributed by atoms with Crippen molar-refractivity contribution in [2.24, 2.45) is 0 Å². The lowest BCUT2D eigenvalue weighted by Gasteiger charge is -2.33. The van der Waals surface area contributed by atoms with Crippen LogP contribution in [0.4, 0.5) is 5.69 Å². The summed E-state index contributed by atoms with van der Waals surface area (Å²) < 4.78 is 35.4. The fourth-order valence-electron chi connectivity index (χ4n) is 4.13. The number of ether oxygens (including phenoxy) is 1. The highest BCUT2D eigenvalue weighted by Crippen LogP contribution is 2.36. The Morgan fingerprint density at radius 2 is 1.77 bits per heavy atom. The van der Waals surface area contributed by atoms with E-state index in [4.69, 9.17) is 4.74 Å². The number of amides is 1. The van der Waals surface area contributed by atoms with Gasteiger partial charge in [0.15, 0.2) is 0 Å². The molecule has 3 aromatic carbocycles. The molecule has 0 bridgehead atoms. The van der Waals surface area contributed by atoms with E-state index in [-0.39, 0.29) is 29.0 Å². The average Bonchev–Trinajstić information content (AvgIpc) is 2.82. The van der Waals surface area contributed by atoms with Crippen LogP contribution in [0, 0.1) is 0 Å². The molecular formula is C28H32N2O4S. The van der Waals surface area contributed by atoms with E-state index < -0.39 is 10.0 Å². The van der Waals surface area contributed by atoms with Gasteiger partial charge < -0.3 is 10.1 Å². The first kappa shape index (κ1) is 24.8. The molecule has 3 aromatic rings. The van der Waals surface area contributed by atoms with E-state index in [2.05, 4.69) is 5.32 Å². The molecule has 0 aromatic heterocycles. The van der Waals surface area contributed by atoms with Gasteiger partial charge in [-0.05, 0) is 88.1 Å². The van der Waals surface area contributed by atoms with E-state index in [1.807, 2.05) is 58.0 Å². The second-order valence-corrected chi connectivity index (χ2v) is 11.7. The lowest BCUT2D eigenvalue weighted by Crippen LogP contribution is -2.34. The van der Waals surface area contributed by atoms with Crippen molar-refractivity contribution in [1.82, 2.24) is 5.32 Å². The van der Waals surface area contributed by atoms with E-state index in [1.165, 1.54) is 4.31 Å². The molecule has 6 nitrogen and oxygen atoms in total. The van der Waals surface area contributed by atoms with Crippen molar-refractivity contribution in [3.8, 4) is 5.75 Å². The smallest absolute Gasteiger partial charge is 0.264 e. The predicted molar refractivity (Wildman–Crippen MR) is 138 cm³/mol. The van der Waals surface area contributed by atoms with Crippen LogP contribution in [0.15, 0.2) is 77.7 Å². The number of benzene rings is 3. The van der Waals surface area contributed by atoms with Crippen molar-refractivity contribution < 1.29 is 17.9 Å². The summed E-state index contributed by atoms with van der Waals surface area (Å²) in [6, 6.07) is 21.2. The minimum atomic E-state index is -3.93. The zero-order valence-electron chi connectivity index (χ0n) is 20.6. The number of nitrogens with zero attached hydrogens (tertiary/aromatic N) is 1. The van der Waals surface area contributed by atoms with Gasteiger partial charge in [-0.2, -0.15) is 0 Å². The van der Waals surface area contributed by atoms with Gasteiger partial charge in [-0.25, -0.2) is 8.42 Å². The maximum atomic E-state index is 14.0. The minimum absolute atomic E-state index is 0.0296. The third-order valence-electron chi connectivity index (χ3n) is 5.99. The molecule has 0 fully saturated rings. The van der Waals surface area contributed by atoms with E-state index in [1.54, 1.807) is 42.5 Å². The Labute approximate surface area is 208 Å². The quantitative estimate of drug-likeness (QED) is 0.484. The lowest BCUT2D eigenvalue weighted by molar-refractivity contribution is 0.0845. The van der Waals surface area contributed by atoms with Crippen LogP contribution >= 0.6 is 0 Å². The molecule has 0 radical (unpaired) electrons. The Balaban J connectivity index is 1.75. The molecule has 0 spiro atoms. The number of hydrogen-bond acceptors (Lipinski definition) is 4. The Morgan fingerprint density at radius 3 is 2.49 bits per heavy atom. The first-order valence-electron chi connectivity index (χ1n) is 11.8. The summed E-state index contributed by atoms with van der Waals surface area (Å²) in [5.74, 6) is 0.481. The Bertz CT molecular complexity index is 1320. The summed E-state index contributed by atoms with van der Waals surface area (Å²) in [4.78, 5) is 12.8. The highest BCUT2D eigenvalue weighted by molar-refractivity contribution is 7.92. The SMILES string of the molecule is CC(C)NC(=O)c1cccc(N(Cc2ccccc2)S(=O)(=O)c2ccc3c(c2)CCC(C)(C)O3)c1. The first-order valence-corrected chi connectivity index (χ1v) is 13.3. The predicted octanol–water partition coefficient (Wildman–Crippen LogP) is 5.32. The molecule has 0 atom stereocenters. The maximum Gasteiger partial charge on any atom is 0.264 e. The second-order valence-electron chi connectivity index (χ2n) is 9.81. The Hall–Kier alpha value is -3.32. The number of sulfonamides is 1. The molecule has 4 rings (SSSR count). The standard InChI is InChI=1S/C28H32N2O4S/c1-20(2)29-27(31)23-11-8-12-24(17-23)30(19-21-9-6-5-7-10-21)35(32,33)25-13-14-26-22(18-25)15-16-28(3,4)34-26/h5-14,17-18,20H,15-16,19H2,1-4H3,(H,29,31). The summed E-state index contributed by atoms with van der Waals surface area (Å²) in [6.45, 7) is 7.97. The Morgan fingerprint density at radius 1 is 1.03 bits per heavy atom. The monoisotopic (exact) mass is 492 g/mol. The van der Waals surface area contributed by atoms with Crippen LogP contribution < -0.4 is 14.4 Å². The highest BCUT2D eigenvalue weighted by Gasteiger charge is 2.30. The molecule has 1 aliphatic heterocycles. The van der Waals surface area contributed by atoms with Crippen molar-refractivity contribution in [2.45, 2.75) is 63.6 Å². The van der Waals surface area contributed by atoms with Crippen molar-refractivity contribution >= 4 is 21.6 Å². The van der Waals surface area contributed by atoms with Crippen LogP contribution in [0.5, 0.6) is 5.75 Å². The molecule has 1 N–H and O–H groups in total. The van der Waals surface area contributed by atoms with Gasteiger partial charge in [0.25, 0.3) is 15.9 Å². The normalized spacial score (nSPS) is 14.7. The van der Waals surface area contributed by atoms with Gasteiger partial charge in [0.05, 0.1) is 17.1 Å². The maximum absolute atomic E-state index is 14.0. The van der Waals surface area contributed by atoms with Gasteiger partial charge in [0.1, 0.15) is 11.4 Å². The lowest BCUT2D eigenvalue weighted by atomic mass is 9.94. The summed E-state index contributed by atoms with van der Waals surface area (Å²) in [5.41, 5.74) is 2.29. The van der Waals surface area contributed by atoms with Gasteiger partial charge in [-0.15, -0.1) is 0 Å². The molecule has 1 aliphatic rings. The van der Waals surface area contributed by atoms with E-state index >= 15 is 0 Å². The molecule has 1 heterocycles. The van der Waals surface area contributed by atoms with Gasteiger partial charge in [-0.1, -0.05) is 36.4 Å². The number of carbonyl (C=O) groups is 1. The minimum Gasteiger partial charge on any atom is -0.488 e. The third-order valence-corrected chi connectivity index (χ3v) is 7.76. The number of carbonyl (C=O) groups excluding carboxylic acids is 1. The average molecular weight is 493 g/mol. The number of anilines is 1. The number of hydrogen-bond donors (Lipinski definition) is 1. The highest BCUT2D eigenvalue weighted by atomic mass is 32.2. The molecule has 0 unspecified atom stereocenters. The van der Waals surface area contributed by atoms with E-state index in [0.29, 0.717) is 11.3 Å². The summed E-state index contributed by atoms with van der Waals surface area (Å²) in [5, 5.41) is 2.87. The molecular weight excluding hydrogens is 460 g/mol. The summed E-state index contributed by atoms with van der Waals surface area (Å²) >= 11 is 0. The molecule has 0 saturated carbocycles. The third kappa shape index (κ3) is 5.68. The van der Waals surface area contributed by atoms with Crippen LogP contribution in [0.3, 0.4) is 0 Å². The Kier molecular flexibility index (Phi) is 6.90. The molecule has 184 valence electrons. The molecule has 7 heteroatoms. The van der Waals surface area contributed by atoms with Gasteiger partial charge in [0.2, 0.25) is 0 Å². The van der Waals surface area contributed by atoms with Gasteiger partial charge in [-0.3, -0.25) is 9.10 Å². The van der Waals surface area contributed by atoms with Crippen molar-refractivity contribution in [1.29, 1.82) is 0 Å². The van der Waals surface area contributed by atoms with Crippen LogP contribution in [0.25, 0.3) is 0 Å². The fourth-order valence-corrected chi connectivity index (χ4v) is 5.63. The first-order chi connectivity index (χ1) is 16.5. The summed E-state index contributed by atoms with van der Waals surface area (Å²) in [7, 11) is -3.93. The summed E-state index contributed by atoms with van der Waals surface area (Å²) in [6.07, 6.45) is 1.56. The van der Waals surface area contributed by atoms with Crippen molar-refractivity contribution in [3.63, 3.8) is 0 Å². The van der Waals surface area contributed by atoms with E-state index in [9.17, 15) is 13.2 Å². The molecule has 0 saturated heterocycles. The van der Waals surface area contributed by atoms with E-state index in [0.717, 1.165) is 29.7 Å². The second kappa shape index (κ2) is 9.74. The number of rotatable bonds is 7. The van der Waals surface area contributed by atoms with Crippen LogP contribution in [0.2, 0.25) is 0 Å². The zero-order chi connectivity index (χ0) is 25.2. The van der Waals surface area contributed by atoms with Crippen LogP contribution in [0.1, 0.15) is 55.6 Å². The molecule has 1 amide bonds. The topological polar surface area (TPSA) is 75.7 Å². The van der Waals surface area contributed by atoms with Gasteiger partial charge >= 0.3 is 0 Å². The fraction of sp³-hybridized carbons (Fsp3) is 0.321. The largest absolute Gasteiger partial charge is 0.488 e. The van der Waals surface area contributed by atoms with Gasteiger partial charge in [0, 0.05) is 11.6 Å². The number of aryl methyl sites for hydroxylation is 1. The van der Waals surface area contributed by atoms with Crippen molar-refractivity contribution in [3.05, 3.63) is 89.5 Å². The zero-order valence-corrected chi connectivity index (χ0v) is 21.4. The van der Waals surface area contributed by atoms with Crippen LogP contribution in [-0.4, -0.2) is 26.0 Å². The van der Waals surface area contributed by atoms with Crippen molar-refractivity contribution in [2.75, 3.05) is 4.31 Å². The number of fused-ring (bicyclic) bond motifs is 1. The molecule has 35 heavy (non-hydrogen) atoms.